The van der Waals surface area contributed by atoms with Gasteiger partial charge in [-0.2, -0.15) is 0 Å². The third-order valence-corrected chi connectivity index (χ3v) is 5.85. The van der Waals surface area contributed by atoms with Crippen molar-refractivity contribution in [1.82, 2.24) is 9.47 Å². The van der Waals surface area contributed by atoms with Crippen molar-refractivity contribution in [3.05, 3.63) is 53.4 Å². The predicted octanol–water partition coefficient (Wildman–Crippen LogP) is 3.81. The number of nitrogens with zero attached hydrogens (tertiary/aromatic N) is 3. The number of aromatic nitrogens is 1. The third kappa shape index (κ3) is 3.79. The van der Waals surface area contributed by atoms with Gasteiger partial charge >= 0.3 is 0 Å². The van der Waals surface area contributed by atoms with E-state index in [1.807, 2.05) is 29.2 Å². The topological polar surface area (TPSA) is 37.7 Å². The van der Waals surface area contributed by atoms with Crippen molar-refractivity contribution >= 4 is 17.7 Å². The van der Waals surface area contributed by atoms with Crippen LogP contribution >= 0.6 is 0 Å². The molecule has 1 aromatic heterocycles. The van der Waals surface area contributed by atoms with Crippen LogP contribution in [0, 0.1) is 13.8 Å². The fourth-order valence-electron chi connectivity index (χ4n) is 4.12. The van der Waals surface area contributed by atoms with Crippen molar-refractivity contribution in [1.29, 1.82) is 0 Å². The zero-order chi connectivity index (χ0) is 19.7. The second kappa shape index (κ2) is 7.74. The van der Waals surface area contributed by atoms with Crippen molar-refractivity contribution in [2.45, 2.75) is 32.7 Å². The Bertz CT molecular complexity index is 887. The van der Waals surface area contributed by atoms with E-state index in [9.17, 15) is 4.79 Å². The first-order valence-electron chi connectivity index (χ1n) is 10.1. The van der Waals surface area contributed by atoms with Crippen LogP contribution in [0.3, 0.4) is 0 Å². The summed E-state index contributed by atoms with van der Waals surface area (Å²) >= 11 is 0. The zero-order valence-electron chi connectivity index (χ0n) is 17.0. The summed E-state index contributed by atoms with van der Waals surface area (Å²) in [4.78, 5) is 16.9. The second-order valence-corrected chi connectivity index (χ2v) is 7.77. The van der Waals surface area contributed by atoms with E-state index in [0.717, 1.165) is 43.2 Å². The monoisotopic (exact) mass is 379 g/mol. The van der Waals surface area contributed by atoms with Gasteiger partial charge in [-0.1, -0.05) is 6.07 Å². The first-order chi connectivity index (χ1) is 13.6. The quantitative estimate of drug-likeness (QED) is 0.742. The van der Waals surface area contributed by atoms with Crippen LogP contribution in [0.1, 0.15) is 35.8 Å². The average molecular weight is 380 g/mol. The summed E-state index contributed by atoms with van der Waals surface area (Å²) < 4.78 is 7.73. The van der Waals surface area contributed by atoms with Crippen molar-refractivity contribution in [3.8, 4) is 5.75 Å². The van der Waals surface area contributed by atoms with Crippen LogP contribution in [-0.4, -0.2) is 48.7 Å². The average Bonchev–Trinajstić information content (AvgIpc) is 3.51. The molecular formula is C23H29N3O2. The van der Waals surface area contributed by atoms with Gasteiger partial charge in [0.1, 0.15) is 5.75 Å². The number of methoxy groups -OCH3 is 1. The zero-order valence-corrected chi connectivity index (χ0v) is 17.0. The number of ether oxygens (including phenoxy) is 1. The summed E-state index contributed by atoms with van der Waals surface area (Å²) in [5.74, 6) is 0.962. The van der Waals surface area contributed by atoms with Gasteiger partial charge in [0.15, 0.2) is 0 Å². The first-order valence-corrected chi connectivity index (χ1v) is 10.1. The number of hydrogen-bond acceptors (Lipinski definition) is 3. The molecule has 0 spiro atoms. The molecule has 1 amide bonds. The minimum atomic E-state index is 0.0986. The Balaban J connectivity index is 1.36. The Labute approximate surface area is 167 Å². The molecule has 2 heterocycles. The maximum Gasteiger partial charge on any atom is 0.246 e. The van der Waals surface area contributed by atoms with Gasteiger partial charge in [0.05, 0.1) is 7.11 Å². The number of rotatable bonds is 5. The van der Waals surface area contributed by atoms with Crippen molar-refractivity contribution < 1.29 is 9.53 Å². The number of carbonyl (C=O) groups is 1. The molecule has 1 aliphatic heterocycles. The van der Waals surface area contributed by atoms with Crippen LogP contribution in [-0.2, 0) is 4.79 Å². The minimum Gasteiger partial charge on any atom is -0.497 e. The molecule has 4 rings (SSSR count). The number of hydrogen-bond donors (Lipinski definition) is 0. The second-order valence-electron chi connectivity index (χ2n) is 7.77. The largest absolute Gasteiger partial charge is 0.497 e. The Morgan fingerprint density at radius 1 is 1.11 bits per heavy atom. The highest BCUT2D eigenvalue weighted by Gasteiger charge is 2.26. The molecule has 0 N–H and O–H groups in total. The molecule has 5 heteroatoms. The van der Waals surface area contributed by atoms with Crippen LogP contribution < -0.4 is 9.64 Å². The number of piperazine rings is 1. The van der Waals surface area contributed by atoms with Gasteiger partial charge in [-0.05, 0) is 56.5 Å². The van der Waals surface area contributed by atoms with Gasteiger partial charge in [-0.3, -0.25) is 4.79 Å². The molecular weight excluding hydrogens is 350 g/mol. The predicted molar refractivity (Wildman–Crippen MR) is 113 cm³/mol. The third-order valence-electron chi connectivity index (χ3n) is 5.85. The lowest BCUT2D eigenvalue weighted by atomic mass is 10.2. The SMILES string of the molecule is COc1cccc(N2CCN(C(=O)C=Cc3cc(C)n(C4CC4)c3C)CC2)c1. The maximum atomic E-state index is 12.7. The molecule has 2 fully saturated rings. The molecule has 1 aromatic carbocycles. The van der Waals surface area contributed by atoms with E-state index in [2.05, 4.69) is 35.4 Å². The number of benzene rings is 1. The lowest BCUT2D eigenvalue weighted by molar-refractivity contribution is -0.126. The van der Waals surface area contributed by atoms with Gasteiger partial charge in [0, 0.05) is 61.4 Å². The Morgan fingerprint density at radius 3 is 2.54 bits per heavy atom. The number of carbonyl (C=O) groups excluding carboxylic acids is 1. The number of anilines is 1. The van der Waals surface area contributed by atoms with Gasteiger partial charge in [-0.15, -0.1) is 0 Å². The maximum absolute atomic E-state index is 12.7. The molecule has 1 saturated carbocycles. The summed E-state index contributed by atoms with van der Waals surface area (Å²) in [6, 6.07) is 11.0. The van der Waals surface area contributed by atoms with E-state index in [-0.39, 0.29) is 5.91 Å². The first kappa shape index (κ1) is 18.7. The summed E-state index contributed by atoms with van der Waals surface area (Å²) in [5, 5.41) is 0. The molecule has 0 unspecified atom stereocenters. The fraction of sp³-hybridized carbons (Fsp3) is 0.435. The standard InChI is InChI=1S/C23H29N3O2/c1-17-15-19(18(2)26(17)20-8-9-20)7-10-23(27)25-13-11-24(12-14-25)21-5-4-6-22(16-21)28-3/h4-7,10,15-16,20H,8-9,11-14H2,1-3H3. The van der Waals surface area contributed by atoms with E-state index in [0.29, 0.717) is 6.04 Å². The van der Waals surface area contributed by atoms with E-state index < -0.39 is 0 Å². The molecule has 0 radical (unpaired) electrons. The summed E-state index contributed by atoms with van der Waals surface area (Å²) in [6.45, 7) is 7.46. The van der Waals surface area contributed by atoms with E-state index >= 15 is 0 Å². The van der Waals surface area contributed by atoms with Crippen LogP contribution in [0.2, 0.25) is 0 Å². The normalized spacial score (nSPS) is 17.4. The van der Waals surface area contributed by atoms with E-state index in [4.69, 9.17) is 4.74 Å². The Morgan fingerprint density at radius 2 is 1.86 bits per heavy atom. The molecule has 0 atom stereocenters. The Kier molecular flexibility index (Phi) is 5.16. The van der Waals surface area contributed by atoms with Crippen LogP contribution in [0.5, 0.6) is 5.75 Å². The summed E-state index contributed by atoms with van der Waals surface area (Å²) in [6.07, 6.45) is 6.27. The highest BCUT2D eigenvalue weighted by atomic mass is 16.5. The molecule has 148 valence electrons. The Hall–Kier alpha value is -2.69. The van der Waals surface area contributed by atoms with Crippen molar-refractivity contribution in [2.24, 2.45) is 0 Å². The molecule has 5 nitrogen and oxygen atoms in total. The number of aryl methyl sites for hydroxylation is 1. The van der Waals surface area contributed by atoms with Gasteiger partial charge in [0.25, 0.3) is 0 Å². The summed E-state index contributed by atoms with van der Waals surface area (Å²) in [7, 11) is 1.68. The van der Waals surface area contributed by atoms with Crippen LogP contribution in [0.25, 0.3) is 6.08 Å². The molecule has 1 saturated heterocycles. The van der Waals surface area contributed by atoms with Crippen LogP contribution in [0.15, 0.2) is 36.4 Å². The fourth-order valence-corrected chi connectivity index (χ4v) is 4.12. The molecule has 0 bridgehead atoms. The van der Waals surface area contributed by atoms with Crippen molar-refractivity contribution in [3.63, 3.8) is 0 Å². The highest BCUT2D eigenvalue weighted by Crippen LogP contribution is 2.38. The molecule has 28 heavy (non-hydrogen) atoms. The van der Waals surface area contributed by atoms with E-state index in [1.54, 1.807) is 13.2 Å². The van der Waals surface area contributed by atoms with Gasteiger partial charge in [0.2, 0.25) is 5.91 Å². The van der Waals surface area contributed by atoms with Gasteiger partial charge in [-0.25, -0.2) is 0 Å². The van der Waals surface area contributed by atoms with Gasteiger partial charge < -0.3 is 19.1 Å². The lowest BCUT2D eigenvalue weighted by Gasteiger charge is -2.35. The minimum absolute atomic E-state index is 0.0986. The number of amides is 1. The summed E-state index contributed by atoms with van der Waals surface area (Å²) in [5.41, 5.74) is 4.87. The lowest BCUT2D eigenvalue weighted by Crippen LogP contribution is -2.48. The highest BCUT2D eigenvalue weighted by molar-refractivity contribution is 5.92. The molecule has 2 aromatic rings. The van der Waals surface area contributed by atoms with Crippen LogP contribution in [0.4, 0.5) is 5.69 Å². The van der Waals surface area contributed by atoms with E-state index in [1.165, 1.54) is 24.2 Å². The molecule has 1 aliphatic carbocycles. The van der Waals surface area contributed by atoms with Crippen molar-refractivity contribution in [2.75, 3.05) is 38.2 Å². The molecule has 2 aliphatic rings. The smallest absolute Gasteiger partial charge is 0.246 e.